The number of rotatable bonds is 6. The lowest BCUT2D eigenvalue weighted by molar-refractivity contribution is -0.384. The van der Waals surface area contributed by atoms with Gasteiger partial charge in [-0.05, 0) is 29.8 Å². The fourth-order valence-corrected chi connectivity index (χ4v) is 3.53. The summed E-state index contributed by atoms with van der Waals surface area (Å²) < 4.78 is 39.3. The third kappa shape index (κ3) is 4.31. The molecule has 2 aromatic rings. The average molecular weight is 388 g/mol. The van der Waals surface area contributed by atoms with Gasteiger partial charge in [0.1, 0.15) is 5.82 Å². The van der Waals surface area contributed by atoms with Crippen LogP contribution in [-0.4, -0.2) is 31.2 Å². The number of hydrogen-bond acceptors (Lipinski definition) is 5. The minimum atomic E-state index is -3.88. The number of hydrogen-bond donors (Lipinski definition) is 1. The molecule has 0 aromatic heterocycles. The number of halogens is 2. The van der Waals surface area contributed by atoms with E-state index in [1.165, 1.54) is 19.2 Å². The summed E-state index contributed by atoms with van der Waals surface area (Å²) in [6, 6.07) is 7.74. The molecule has 134 valence electrons. The Morgan fingerprint density at radius 1 is 1.28 bits per heavy atom. The smallest absolute Gasteiger partial charge is 0.269 e. The largest absolute Gasteiger partial charge is 0.323 e. The third-order valence-electron chi connectivity index (χ3n) is 3.58. The van der Waals surface area contributed by atoms with E-state index >= 15 is 0 Å². The number of nitro benzene ring substituents is 1. The van der Waals surface area contributed by atoms with Gasteiger partial charge in [-0.3, -0.25) is 10.1 Å². The Kier molecular flexibility index (Phi) is 5.73. The lowest BCUT2D eigenvalue weighted by Gasteiger charge is -2.21. The van der Waals surface area contributed by atoms with Gasteiger partial charge < -0.3 is 5.73 Å². The number of benzene rings is 2. The summed E-state index contributed by atoms with van der Waals surface area (Å²) in [5, 5.41) is 10.5. The number of nitro groups is 1. The molecule has 0 spiro atoms. The molecule has 0 saturated heterocycles. The van der Waals surface area contributed by atoms with Crippen molar-refractivity contribution < 1.29 is 17.7 Å². The van der Waals surface area contributed by atoms with Gasteiger partial charge in [0.25, 0.3) is 5.69 Å². The summed E-state index contributed by atoms with van der Waals surface area (Å²) in [7, 11) is -2.54. The van der Waals surface area contributed by atoms with E-state index in [0.717, 1.165) is 34.6 Å². The number of likely N-dealkylation sites (N-methyl/N-ethyl adjacent to an activating group) is 1. The minimum absolute atomic E-state index is 0.0821. The molecule has 0 fully saturated rings. The van der Waals surface area contributed by atoms with Crippen LogP contribution in [0.25, 0.3) is 0 Å². The molecular formula is C15H15ClFN3O4S. The zero-order valence-electron chi connectivity index (χ0n) is 13.1. The molecule has 0 heterocycles. The van der Waals surface area contributed by atoms with Crippen molar-refractivity contribution in [2.75, 3.05) is 13.6 Å². The van der Waals surface area contributed by atoms with Gasteiger partial charge in [-0.15, -0.1) is 0 Å². The van der Waals surface area contributed by atoms with Crippen molar-refractivity contribution in [3.05, 3.63) is 69.0 Å². The summed E-state index contributed by atoms with van der Waals surface area (Å²) in [6.07, 6.45) is 0. The quantitative estimate of drug-likeness (QED) is 0.605. The van der Waals surface area contributed by atoms with Crippen molar-refractivity contribution in [3.8, 4) is 0 Å². The molecule has 0 aliphatic carbocycles. The van der Waals surface area contributed by atoms with Crippen molar-refractivity contribution in [3.63, 3.8) is 0 Å². The molecule has 10 heteroatoms. The molecule has 0 aliphatic rings. The van der Waals surface area contributed by atoms with Crippen LogP contribution in [0.3, 0.4) is 0 Å². The van der Waals surface area contributed by atoms with Crippen LogP contribution in [0, 0.1) is 15.9 Å². The molecule has 0 radical (unpaired) electrons. The molecule has 2 rings (SSSR count). The lowest BCUT2D eigenvalue weighted by atomic mass is 10.1. The maximum absolute atomic E-state index is 13.2. The molecule has 25 heavy (non-hydrogen) atoms. The van der Waals surface area contributed by atoms with E-state index in [0.29, 0.717) is 5.56 Å². The van der Waals surface area contributed by atoms with Gasteiger partial charge in [0, 0.05) is 31.8 Å². The highest BCUT2D eigenvalue weighted by Crippen LogP contribution is 2.23. The predicted molar refractivity (Wildman–Crippen MR) is 91.3 cm³/mol. The number of nitrogens with zero attached hydrogens (tertiary/aromatic N) is 2. The predicted octanol–water partition coefficient (Wildman–Crippen LogP) is 2.71. The SMILES string of the molecule is CN(C[C@H](N)c1ccc(F)c(Cl)c1)S(=O)(=O)c1ccc([N+](=O)[O-])cc1. The van der Waals surface area contributed by atoms with Gasteiger partial charge in [-0.25, -0.2) is 12.8 Å². The second-order valence-electron chi connectivity index (χ2n) is 5.32. The normalized spacial score (nSPS) is 13.0. The van der Waals surface area contributed by atoms with E-state index < -0.39 is 26.8 Å². The average Bonchev–Trinajstić information content (AvgIpc) is 2.57. The third-order valence-corrected chi connectivity index (χ3v) is 5.71. The standard InChI is InChI=1S/C15H15ClFN3O4S/c1-19(9-15(18)10-2-7-14(17)13(16)8-10)25(23,24)12-5-3-11(4-6-12)20(21)22/h2-8,15H,9,18H2,1H3/t15-/m0/s1. The van der Waals surface area contributed by atoms with Gasteiger partial charge in [0.05, 0.1) is 14.8 Å². The Hall–Kier alpha value is -2.07. The van der Waals surface area contributed by atoms with Gasteiger partial charge >= 0.3 is 0 Å². The monoisotopic (exact) mass is 387 g/mol. The Bertz CT molecular complexity index is 890. The molecule has 0 unspecified atom stereocenters. The molecule has 7 nitrogen and oxygen atoms in total. The van der Waals surface area contributed by atoms with Crippen molar-refractivity contribution in [1.29, 1.82) is 0 Å². The number of non-ortho nitro benzene ring substituents is 1. The van der Waals surface area contributed by atoms with E-state index in [1.807, 2.05) is 0 Å². The molecule has 2 aromatic carbocycles. The van der Waals surface area contributed by atoms with Crippen LogP contribution in [0.2, 0.25) is 5.02 Å². The zero-order chi connectivity index (χ0) is 18.8. The lowest BCUT2D eigenvalue weighted by Crippen LogP contribution is -2.34. The van der Waals surface area contributed by atoms with E-state index in [1.54, 1.807) is 0 Å². The van der Waals surface area contributed by atoms with Gasteiger partial charge in [0.2, 0.25) is 10.0 Å². The van der Waals surface area contributed by atoms with Gasteiger partial charge in [-0.1, -0.05) is 17.7 Å². The second-order valence-corrected chi connectivity index (χ2v) is 7.77. The van der Waals surface area contributed by atoms with Crippen LogP contribution in [0.1, 0.15) is 11.6 Å². The van der Waals surface area contributed by atoms with Crippen molar-refractivity contribution in [2.45, 2.75) is 10.9 Å². The first-order chi connectivity index (χ1) is 11.6. The molecule has 0 amide bonds. The minimum Gasteiger partial charge on any atom is -0.323 e. The van der Waals surface area contributed by atoms with Crippen LogP contribution in [0.4, 0.5) is 10.1 Å². The fourth-order valence-electron chi connectivity index (χ4n) is 2.14. The Labute approximate surface area is 149 Å². The van der Waals surface area contributed by atoms with Crippen molar-refractivity contribution in [2.24, 2.45) is 5.73 Å². The zero-order valence-corrected chi connectivity index (χ0v) is 14.7. The highest BCUT2D eigenvalue weighted by atomic mass is 35.5. The van der Waals surface area contributed by atoms with Crippen molar-refractivity contribution in [1.82, 2.24) is 4.31 Å². The molecule has 0 saturated carbocycles. The molecule has 2 N–H and O–H groups in total. The van der Waals surface area contributed by atoms with Crippen LogP contribution < -0.4 is 5.73 Å². The Morgan fingerprint density at radius 3 is 2.40 bits per heavy atom. The maximum Gasteiger partial charge on any atom is 0.269 e. The van der Waals surface area contributed by atoms with Crippen LogP contribution in [0.5, 0.6) is 0 Å². The van der Waals surface area contributed by atoms with Gasteiger partial charge in [-0.2, -0.15) is 4.31 Å². The van der Waals surface area contributed by atoms with Crippen LogP contribution >= 0.6 is 11.6 Å². The summed E-state index contributed by atoms with van der Waals surface area (Å²) >= 11 is 5.70. The summed E-state index contributed by atoms with van der Waals surface area (Å²) in [5.41, 5.74) is 6.25. The number of nitrogens with two attached hydrogens (primary N) is 1. The highest BCUT2D eigenvalue weighted by molar-refractivity contribution is 7.89. The second kappa shape index (κ2) is 7.44. The van der Waals surface area contributed by atoms with Crippen molar-refractivity contribution >= 4 is 27.3 Å². The Balaban J connectivity index is 2.18. The summed E-state index contributed by atoms with van der Waals surface area (Å²) in [5.74, 6) is -0.593. The topological polar surface area (TPSA) is 107 Å². The summed E-state index contributed by atoms with van der Waals surface area (Å²) in [4.78, 5) is 9.93. The molecular weight excluding hydrogens is 373 g/mol. The number of sulfonamides is 1. The Morgan fingerprint density at radius 2 is 1.88 bits per heavy atom. The van der Waals surface area contributed by atoms with E-state index in [2.05, 4.69) is 0 Å². The highest BCUT2D eigenvalue weighted by Gasteiger charge is 2.24. The first kappa shape index (κ1) is 19.3. The van der Waals surface area contributed by atoms with E-state index in [4.69, 9.17) is 17.3 Å². The maximum atomic E-state index is 13.2. The molecule has 0 aliphatic heterocycles. The van der Waals surface area contributed by atoms with E-state index in [-0.39, 0.29) is 22.2 Å². The van der Waals surface area contributed by atoms with E-state index in [9.17, 15) is 22.9 Å². The van der Waals surface area contributed by atoms with Crippen LogP contribution in [-0.2, 0) is 10.0 Å². The fraction of sp³-hybridized carbons (Fsp3) is 0.200. The molecule has 0 bridgehead atoms. The first-order valence-electron chi connectivity index (χ1n) is 7.04. The summed E-state index contributed by atoms with van der Waals surface area (Å²) in [6.45, 7) is -0.0821. The molecule has 1 atom stereocenters. The van der Waals surface area contributed by atoms with Crippen LogP contribution in [0.15, 0.2) is 47.4 Å². The first-order valence-corrected chi connectivity index (χ1v) is 8.86. The van der Waals surface area contributed by atoms with Gasteiger partial charge in [0.15, 0.2) is 0 Å².